The van der Waals surface area contributed by atoms with Crippen LogP contribution in [-0.2, 0) is 0 Å². The van der Waals surface area contributed by atoms with Crippen LogP contribution in [0.15, 0.2) is 12.2 Å². The molecule has 0 heterocycles. The molecule has 72 valence electrons. The van der Waals surface area contributed by atoms with E-state index in [1.807, 2.05) is 6.08 Å². The SMILES string of the molecule is CC#CC(O)/C=C\C1CCCCC1. The topological polar surface area (TPSA) is 20.2 Å². The second kappa shape index (κ2) is 5.83. The van der Waals surface area contributed by atoms with E-state index in [9.17, 15) is 5.11 Å². The van der Waals surface area contributed by atoms with Crippen molar-refractivity contribution in [2.75, 3.05) is 0 Å². The van der Waals surface area contributed by atoms with Gasteiger partial charge < -0.3 is 5.11 Å². The summed E-state index contributed by atoms with van der Waals surface area (Å²) in [6.07, 6.45) is 10.0. The maximum Gasteiger partial charge on any atom is 0.133 e. The molecular weight excluding hydrogens is 160 g/mol. The van der Waals surface area contributed by atoms with Crippen molar-refractivity contribution in [2.45, 2.75) is 45.1 Å². The van der Waals surface area contributed by atoms with Crippen molar-refractivity contribution in [3.63, 3.8) is 0 Å². The van der Waals surface area contributed by atoms with Crippen LogP contribution in [0.2, 0.25) is 0 Å². The van der Waals surface area contributed by atoms with Crippen molar-refractivity contribution < 1.29 is 5.11 Å². The standard InChI is InChI=1S/C12H18O/c1-2-6-12(13)10-9-11-7-4-3-5-8-11/h9-13H,3-5,7-8H2,1H3/b10-9-. The minimum atomic E-state index is -0.563. The van der Waals surface area contributed by atoms with Crippen LogP contribution in [0.25, 0.3) is 0 Å². The third kappa shape index (κ3) is 4.15. The molecule has 1 N–H and O–H groups in total. The number of aliphatic hydroxyl groups is 1. The van der Waals surface area contributed by atoms with Crippen molar-refractivity contribution in [3.05, 3.63) is 12.2 Å². The Kier molecular flexibility index (Phi) is 4.64. The van der Waals surface area contributed by atoms with Gasteiger partial charge in [-0.25, -0.2) is 0 Å². The molecule has 0 saturated heterocycles. The highest BCUT2D eigenvalue weighted by Crippen LogP contribution is 2.24. The fraction of sp³-hybridized carbons (Fsp3) is 0.667. The van der Waals surface area contributed by atoms with Crippen molar-refractivity contribution in [1.82, 2.24) is 0 Å². The Morgan fingerprint density at radius 2 is 2.00 bits per heavy atom. The molecule has 0 aliphatic heterocycles. The summed E-state index contributed by atoms with van der Waals surface area (Å²) in [7, 11) is 0. The molecule has 1 atom stereocenters. The monoisotopic (exact) mass is 178 g/mol. The van der Waals surface area contributed by atoms with E-state index in [4.69, 9.17) is 0 Å². The van der Waals surface area contributed by atoms with Gasteiger partial charge in [0.1, 0.15) is 6.10 Å². The lowest BCUT2D eigenvalue weighted by Crippen LogP contribution is -2.05. The van der Waals surface area contributed by atoms with E-state index in [-0.39, 0.29) is 0 Å². The molecule has 0 aromatic heterocycles. The molecule has 1 fully saturated rings. The van der Waals surface area contributed by atoms with Gasteiger partial charge in [0.15, 0.2) is 0 Å². The van der Waals surface area contributed by atoms with E-state index < -0.39 is 6.10 Å². The highest BCUT2D eigenvalue weighted by atomic mass is 16.3. The summed E-state index contributed by atoms with van der Waals surface area (Å²) in [5.41, 5.74) is 0. The zero-order chi connectivity index (χ0) is 9.52. The Morgan fingerprint density at radius 3 is 2.62 bits per heavy atom. The summed E-state index contributed by atoms with van der Waals surface area (Å²) in [6.45, 7) is 1.75. The quantitative estimate of drug-likeness (QED) is 0.509. The van der Waals surface area contributed by atoms with Gasteiger partial charge in [-0.05, 0) is 31.8 Å². The van der Waals surface area contributed by atoms with Crippen LogP contribution in [0.1, 0.15) is 39.0 Å². The number of aliphatic hydroxyl groups excluding tert-OH is 1. The molecule has 0 bridgehead atoms. The molecule has 13 heavy (non-hydrogen) atoms. The number of allylic oxidation sites excluding steroid dienone is 1. The van der Waals surface area contributed by atoms with Crippen molar-refractivity contribution >= 4 is 0 Å². The maximum atomic E-state index is 9.32. The smallest absolute Gasteiger partial charge is 0.133 e. The van der Waals surface area contributed by atoms with Crippen LogP contribution in [-0.4, -0.2) is 11.2 Å². The van der Waals surface area contributed by atoms with Crippen LogP contribution in [0, 0.1) is 17.8 Å². The van der Waals surface area contributed by atoms with E-state index in [1.54, 1.807) is 6.92 Å². The molecule has 0 aromatic carbocycles. The Bertz CT molecular complexity index is 213. The average Bonchev–Trinajstić information content (AvgIpc) is 2.17. The van der Waals surface area contributed by atoms with Gasteiger partial charge in [0.25, 0.3) is 0 Å². The van der Waals surface area contributed by atoms with Gasteiger partial charge in [0.2, 0.25) is 0 Å². The van der Waals surface area contributed by atoms with Crippen LogP contribution < -0.4 is 0 Å². The highest BCUT2D eigenvalue weighted by Gasteiger charge is 2.09. The molecule has 0 radical (unpaired) electrons. The highest BCUT2D eigenvalue weighted by molar-refractivity contribution is 5.11. The van der Waals surface area contributed by atoms with E-state index >= 15 is 0 Å². The Balaban J connectivity index is 2.31. The first kappa shape index (κ1) is 10.3. The zero-order valence-corrected chi connectivity index (χ0v) is 8.29. The predicted molar refractivity (Wildman–Crippen MR) is 55.2 cm³/mol. The molecule has 1 nitrogen and oxygen atoms in total. The number of hydrogen-bond donors (Lipinski definition) is 1. The van der Waals surface area contributed by atoms with Gasteiger partial charge in [0.05, 0.1) is 0 Å². The average molecular weight is 178 g/mol. The molecule has 0 spiro atoms. The summed E-state index contributed by atoms with van der Waals surface area (Å²) >= 11 is 0. The van der Waals surface area contributed by atoms with Crippen molar-refractivity contribution in [2.24, 2.45) is 5.92 Å². The summed E-state index contributed by atoms with van der Waals surface area (Å²) in [5.74, 6) is 6.09. The minimum Gasteiger partial charge on any atom is -0.377 e. The van der Waals surface area contributed by atoms with E-state index in [1.165, 1.54) is 32.1 Å². The second-order valence-electron chi connectivity index (χ2n) is 3.62. The first-order chi connectivity index (χ1) is 6.33. The van der Waals surface area contributed by atoms with Gasteiger partial charge in [-0.1, -0.05) is 31.3 Å². The predicted octanol–water partition coefficient (Wildman–Crippen LogP) is 2.51. The molecule has 0 aromatic rings. The Morgan fingerprint density at radius 1 is 1.31 bits per heavy atom. The summed E-state index contributed by atoms with van der Waals surface area (Å²) in [6, 6.07) is 0. The van der Waals surface area contributed by atoms with Crippen LogP contribution in [0.5, 0.6) is 0 Å². The van der Waals surface area contributed by atoms with Crippen LogP contribution in [0.3, 0.4) is 0 Å². The van der Waals surface area contributed by atoms with Crippen molar-refractivity contribution in [3.8, 4) is 11.8 Å². The fourth-order valence-corrected chi connectivity index (χ4v) is 1.78. The summed E-state index contributed by atoms with van der Waals surface area (Å²) in [5, 5.41) is 9.32. The van der Waals surface area contributed by atoms with E-state index in [0.717, 1.165) is 0 Å². The maximum absolute atomic E-state index is 9.32. The molecule has 1 saturated carbocycles. The third-order valence-corrected chi connectivity index (χ3v) is 2.51. The molecule has 1 heteroatoms. The lowest BCUT2D eigenvalue weighted by molar-refractivity contribution is 0.279. The number of hydrogen-bond acceptors (Lipinski definition) is 1. The lowest BCUT2D eigenvalue weighted by atomic mass is 9.89. The molecule has 1 rings (SSSR count). The fourth-order valence-electron chi connectivity index (χ4n) is 1.78. The van der Waals surface area contributed by atoms with Crippen molar-refractivity contribution in [1.29, 1.82) is 0 Å². The van der Waals surface area contributed by atoms with Crippen LogP contribution >= 0.6 is 0 Å². The van der Waals surface area contributed by atoms with Gasteiger partial charge in [-0.3, -0.25) is 0 Å². The minimum absolute atomic E-state index is 0.563. The first-order valence-corrected chi connectivity index (χ1v) is 5.11. The number of rotatable bonds is 2. The Labute approximate surface area is 80.9 Å². The molecule has 1 aliphatic rings. The summed E-state index contributed by atoms with van der Waals surface area (Å²) < 4.78 is 0. The zero-order valence-electron chi connectivity index (χ0n) is 8.29. The van der Waals surface area contributed by atoms with E-state index in [0.29, 0.717) is 5.92 Å². The first-order valence-electron chi connectivity index (χ1n) is 5.11. The molecule has 1 unspecified atom stereocenters. The Hall–Kier alpha value is -0.740. The second-order valence-corrected chi connectivity index (χ2v) is 3.62. The summed E-state index contributed by atoms with van der Waals surface area (Å²) in [4.78, 5) is 0. The van der Waals surface area contributed by atoms with E-state index in [2.05, 4.69) is 17.9 Å². The lowest BCUT2D eigenvalue weighted by Gasteiger charge is -2.17. The molecular formula is C12H18O. The van der Waals surface area contributed by atoms with Gasteiger partial charge in [-0.2, -0.15) is 0 Å². The van der Waals surface area contributed by atoms with Gasteiger partial charge in [-0.15, -0.1) is 5.92 Å². The van der Waals surface area contributed by atoms with Gasteiger partial charge in [0, 0.05) is 0 Å². The molecule has 0 amide bonds. The normalized spacial score (nSPS) is 21.1. The molecule has 1 aliphatic carbocycles. The van der Waals surface area contributed by atoms with Crippen LogP contribution in [0.4, 0.5) is 0 Å². The largest absolute Gasteiger partial charge is 0.377 e. The third-order valence-electron chi connectivity index (χ3n) is 2.51. The van der Waals surface area contributed by atoms with Gasteiger partial charge >= 0.3 is 0 Å².